The van der Waals surface area contributed by atoms with Gasteiger partial charge in [0, 0.05) is 18.3 Å². The number of amides is 1. The van der Waals surface area contributed by atoms with E-state index in [1.807, 2.05) is 18.2 Å². The summed E-state index contributed by atoms with van der Waals surface area (Å²) >= 11 is 0. The number of hydrogen-bond acceptors (Lipinski definition) is 5. The summed E-state index contributed by atoms with van der Waals surface area (Å²) in [6, 6.07) is 5.49. The Kier molecular flexibility index (Phi) is 4.94. The molecule has 6 nitrogen and oxygen atoms in total. The molecule has 2 saturated heterocycles. The van der Waals surface area contributed by atoms with Crippen molar-refractivity contribution in [1.82, 2.24) is 10.2 Å². The van der Waals surface area contributed by atoms with Gasteiger partial charge in [-0.3, -0.25) is 9.69 Å². The maximum absolute atomic E-state index is 12.2. The minimum atomic E-state index is 0. The first-order valence-electron chi connectivity index (χ1n) is 7.90. The van der Waals surface area contributed by atoms with Gasteiger partial charge in [0.15, 0.2) is 11.5 Å². The van der Waals surface area contributed by atoms with Crippen molar-refractivity contribution in [3.63, 3.8) is 0 Å². The molecular weight excluding hydrogens is 318 g/mol. The van der Waals surface area contributed by atoms with Crippen molar-refractivity contribution >= 4 is 24.0 Å². The highest BCUT2D eigenvalue weighted by Crippen LogP contribution is 2.34. The maximum Gasteiger partial charge on any atom is 0.238 e. The van der Waals surface area contributed by atoms with Crippen LogP contribution in [-0.4, -0.2) is 50.3 Å². The van der Waals surface area contributed by atoms with Gasteiger partial charge >= 0.3 is 0 Å². The van der Waals surface area contributed by atoms with E-state index in [-0.39, 0.29) is 25.1 Å². The molecule has 0 spiro atoms. The van der Waals surface area contributed by atoms with Gasteiger partial charge in [0.2, 0.25) is 12.7 Å². The van der Waals surface area contributed by atoms with E-state index < -0.39 is 0 Å². The highest BCUT2D eigenvalue weighted by atomic mass is 35.5. The number of hydrogen-bond donors (Lipinski definition) is 2. The molecule has 1 amide bonds. The Bertz CT molecular complexity index is 584. The van der Waals surface area contributed by atoms with Crippen LogP contribution in [0.5, 0.6) is 11.5 Å². The molecule has 1 aromatic rings. The van der Waals surface area contributed by atoms with Crippen LogP contribution in [0.25, 0.3) is 0 Å². The minimum Gasteiger partial charge on any atom is -0.454 e. The van der Waals surface area contributed by atoms with Crippen LogP contribution >= 0.6 is 12.4 Å². The van der Waals surface area contributed by atoms with Gasteiger partial charge in [-0.05, 0) is 50.0 Å². The highest BCUT2D eigenvalue weighted by Gasteiger charge is 2.33. The summed E-state index contributed by atoms with van der Waals surface area (Å²) in [4.78, 5) is 14.5. The van der Waals surface area contributed by atoms with Gasteiger partial charge in [0.1, 0.15) is 0 Å². The Morgan fingerprint density at radius 1 is 1.26 bits per heavy atom. The maximum atomic E-state index is 12.2. The SMILES string of the molecule is Cl.O=C(CN1CCC2CNCC2C1)Nc1ccc2c(c1)OCO2. The lowest BCUT2D eigenvalue weighted by Crippen LogP contribution is -2.43. The second kappa shape index (κ2) is 6.95. The molecule has 0 aromatic heterocycles. The number of piperidine rings is 1. The molecule has 1 aromatic carbocycles. The number of halogens is 1. The lowest BCUT2D eigenvalue weighted by atomic mass is 9.89. The summed E-state index contributed by atoms with van der Waals surface area (Å²) in [5.74, 6) is 2.95. The molecule has 23 heavy (non-hydrogen) atoms. The molecular formula is C16H22ClN3O3. The number of anilines is 1. The summed E-state index contributed by atoms with van der Waals surface area (Å²) < 4.78 is 10.6. The molecule has 2 fully saturated rings. The van der Waals surface area contributed by atoms with Crippen LogP contribution < -0.4 is 20.1 Å². The summed E-state index contributed by atoms with van der Waals surface area (Å²) in [5.41, 5.74) is 0.756. The number of nitrogens with zero attached hydrogens (tertiary/aromatic N) is 1. The standard InChI is InChI=1S/C16H21N3O3.ClH/c20-16(9-19-4-3-11-6-17-7-12(11)8-19)18-13-1-2-14-15(5-13)22-10-21-14;/h1-2,5,11-12,17H,3-4,6-10H2,(H,18,20);1H. The zero-order valence-corrected chi connectivity index (χ0v) is 13.7. The molecule has 3 aliphatic rings. The van der Waals surface area contributed by atoms with Crippen LogP contribution in [0, 0.1) is 11.8 Å². The average molecular weight is 340 g/mol. The predicted octanol–water partition coefficient (Wildman–Crippen LogP) is 1.32. The van der Waals surface area contributed by atoms with Crippen molar-refractivity contribution in [3.8, 4) is 11.5 Å². The molecule has 3 aliphatic heterocycles. The van der Waals surface area contributed by atoms with Crippen LogP contribution in [0.3, 0.4) is 0 Å². The van der Waals surface area contributed by atoms with Crippen LogP contribution in [0.15, 0.2) is 18.2 Å². The van der Waals surface area contributed by atoms with Crippen molar-refractivity contribution in [2.24, 2.45) is 11.8 Å². The summed E-state index contributed by atoms with van der Waals surface area (Å²) in [5, 5.41) is 6.40. The molecule has 126 valence electrons. The third-order valence-electron chi connectivity index (χ3n) is 4.81. The number of fused-ring (bicyclic) bond motifs is 2. The Labute approximate surface area is 141 Å². The van der Waals surface area contributed by atoms with Gasteiger partial charge in [-0.1, -0.05) is 0 Å². The molecule has 2 unspecified atom stereocenters. The second-order valence-electron chi connectivity index (χ2n) is 6.32. The van der Waals surface area contributed by atoms with E-state index in [0.29, 0.717) is 18.2 Å². The average Bonchev–Trinajstić information content (AvgIpc) is 3.14. The second-order valence-corrected chi connectivity index (χ2v) is 6.32. The van der Waals surface area contributed by atoms with Crippen molar-refractivity contribution in [2.45, 2.75) is 6.42 Å². The number of carbonyl (C=O) groups is 1. The molecule has 7 heteroatoms. The molecule has 4 rings (SSSR count). The molecule has 0 saturated carbocycles. The Morgan fingerprint density at radius 3 is 3.00 bits per heavy atom. The fourth-order valence-electron chi connectivity index (χ4n) is 3.63. The van der Waals surface area contributed by atoms with E-state index in [1.54, 1.807) is 0 Å². The highest BCUT2D eigenvalue weighted by molar-refractivity contribution is 5.92. The number of nitrogens with one attached hydrogen (secondary N) is 2. The van der Waals surface area contributed by atoms with Crippen LogP contribution in [0.2, 0.25) is 0 Å². The zero-order chi connectivity index (χ0) is 14.9. The number of carbonyl (C=O) groups excluding carboxylic acids is 1. The predicted molar refractivity (Wildman–Crippen MR) is 89.3 cm³/mol. The van der Waals surface area contributed by atoms with Crippen LogP contribution in [0.1, 0.15) is 6.42 Å². The summed E-state index contributed by atoms with van der Waals surface area (Å²) in [6.07, 6.45) is 1.19. The van der Waals surface area contributed by atoms with E-state index in [9.17, 15) is 4.79 Å². The summed E-state index contributed by atoms with van der Waals surface area (Å²) in [6.45, 7) is 4.96. The first-order valence-corrected chi connectivity index (χ1v) is 7.90. The molecule has 2 N–H and O–H groups in total. The quantitative estimate of drug-likeness (QED) is 0.869. The molecule has 2 atom stereocenters. The third-order valence-corrected chi connectivity index (χ3v) is 4.81. The smallest absolute Gasteiger partial charge is 0.238 e. The lowest BCUT2D eigenvalue weighted by Gasteiger charge is -2.33. The van der Waals surface area contributed by atoms with Gasteiger partial charge in [-0.25, -0.2) is 0 Å². The summed E-state index contributed by atoms with van der Waals surface area (Å²) in [7, 11) is 0. The number of rotatable bonds is 3. The van der Waals surface area contributed by atoms with Gasteiger partial charge in [-0.2, -0.15) is 0 Å². The molecule has 0 bridgehead atoms. The van der Waals surface area contributed by atoms with Gasteiger partial charge in [0.25, 0.3) is 0 Å². The van der Waals surface area contributed by atoms with Gasteiger partial charge < -0.3 is 20.1 Å². The third kappa shape index (κ3) is 3.54. The first kappa shape index (κ1) is 16.4. The van der Waals surface area contributed by atoms with Gasteiger partial charge in [0.05, 0.1) is 6.54 Å². The Morgan fingerprint density at radius 2 is 2.09 bits per heavy atom. The van der Waals surface area contributed by atoms with Crippen molar-refractivity contribution in [1.29, 1.82) is 0 Å². The molecule has 3 heterocycles. The van der Waals surface area contributed by atoms with E-state index in [4.69, 9.17) is 9.47 Å². The van der Waals surface area contributed by atoms with Crippen LogP contribution in [0.4, 0.5) is 5.69 Å². The molecule has 0 radical (unpaired) electrons. The van der Waals surface area contributed by atoms with Gasteiger partial charge in [-0.15, -0.1) is 12.4 Å². The lowest BCUT2D eigenvalue weighted by molar-refractivity contribution is -0.117. The topological polar surface area (TPSA) is 62.8 Å². The first-order chi connectivity index (χ1) is 10.8. The van der Waals surface area contributed by atoms with Crippen molar-refractivity contribution in [2.75, 3.05) is 44.8 Å². The van der Waals surface area contributed by atoms with Crippen molar-refractivity contribution in [3.05, 3.63) is 18.2 Å². The Balaban J connectivity index is 0.00000156. The van der Waals surface area contributed by atoms with E-state index in [0.717, 1.165) is 43.5 Å². The monoisotopic (exact) mass is 339 g/mol. The van der Waals surface area contributed by atoms with E-state index in [2.05, 4.69) is 15.5 Å². The van der Waals surface area contributed by atoms with E-state index in [1.165, 1.54) is 6.42 Å². The van der Waals surface area contributed by atoms with Crippen LogP contribution in [-0.2, 0) is 4.79 Å². The minimum absolute atomic E-state index is 0. The zero-order valence-electron chi connectivity index (χ0n) is 12.9. The number of ether oxygens (including phenoxy) is 2. The largest absolute Gasteiger partial charge is 0.454 e. The number of likely N-dealkylation sites (tertiary alicyclic amines) is 1. The molecule has 0 aliphatic carbocycles. The van der Waals surface area contributed by atoms with Crippen molar-refractivity contribution < 1.29 is 14.3 Å². The fraction of sp³-hybridized carbons (Fsp3) is 0.562. The Hall–Kier alpha value is -1.50. The van der Waals surface area contributed by atoms with E-state index >= 15 is 0 Å². The fourth-order valence-corrected chi connectivity index (χ4v) is 3.63. The number of benzene rings is 1. The normalized spacial score (nSPS) is 25.6.